The van der Waals surface area contributed by atoms with Crippen molar-refractivity contribution in [2.75, 3.05) is 32.5 Å². The molecule has 144 valence electrons. The summed E-state index contributed by atoms with van der Waals surface area (Å²) in [7, 11) is 3.44. The van der Waals surface area contributed by atoms with Gasteiger partial charge in [0.2, 0.25) is 5.36 Å². The molecular formula is C20H26N4O3. The molecule has 0 radical (unpaired) electrons. The number of pyridine rings is 1. The molecule has 0 fully saturated rings. The van der Waals surface area contributed by atoms with Crippen molar-refractivity contribution in [2.24, 2.45) is 0 Å². The first-order valence-corrected chi connectivity index (χ1v) is 9.01. The zero-order valence-electron chi connectivity index (χ0n) is 16.2. The van der Waals surface area contributed by atoms with E-state index in [-0.39, 0.29) is 14.9 Å². The molecule has 0 saturated heterocycles. The van der Waals surface area contributed by atoms with E-state index in [1.54, 1.807) is 26.2 Å². The molecule has 0 amide bonds. The number of hydroxylamine groups is 3. The molecule has 0 atom stereocenters. The molecular weight excluding hydrogens is 344 g/mol. The molecule has 7 heteroatoms. The van der Waals surface area contributed by atoms with Crippen molar-refractivity contribution in [1.29, 1.82) is 0 Å². The Morgan fingerprint density at radius 2 is 1.85 bits per heavy atom. The van der Waals surface area contributed by atoms with E-state index in [4.69, 9.17) is 0 Å². The van der Waals surface area contributed by atoms with Gasteiger partial charge in [0.15, 0.2) is 0 Å². The summed E-state index contributed by atoms with van der Waals surface area (Å²) in [5, 5.41) is 37.6. The molecule has 3 rings (SSSR count). The third-order valence-electron chi connectivity index (χ3n) is 4.81. The quantitative estimate of drug-likeness (QED) is 0.278. The third kappa shape index (κ3) is 3.84. The number of fused-ring (bicyclic) bond motifs is 2. The standard InChI is InChI=1S/C20H26N4O3/c1-13-7-5-8-15-18(13)22-19-14(2)9-10-16(23(25)26)17(19)20(15)21-11-6-12-24(3,4)27/h5,7-10,21-22,27H,6,11-12H2,1-4H3. The number of hydrogen-bond acceptors (Lipinski definition) is 4. The first kappa shape index (κ1) is 19.0. The summed E-state index contributed by atoms with van der Waals surface area (Å²) in [6, 6.07) is 9.28. The number of para-hydroxylation sites is 1. The molecule has 1 aliphatic carbocycles. The molecule has 7 nitrogen and oxygen atoms in total. The lowest BCUT2D eigenvalue weighted by Gasteiger charge is -2.22. The number of aromatic nitrogens is 1. The van der Waals surface area contributed by atoms with Crippen molar-refractivity contribution < 1.29 is 9.85 Å². The van der Waals surface area contributed by atoms with Crippen molar-refractivity contribution >= 4 is 16.6 Å². The number of hydrogen-bond donors (Lipinski definition) is 3. The zero-order valence-corrected chi connectivity index (χ0v) is 16.2. The number of anilines is 1. The van der Waals surface area contributed by atoms with E-state index in [2.05, 4.69) is 10.3 Å². The number of rotatable bonds is 5. The lowest BCUT2D eigenvalue weighted by Crippen LogP contribution is -2.37. The minimum atomic E-state index is -0.337. The highest BCUT2D eigenvalue weighted by Crippen LogP contribution is 2.35. The van der Waals surface area contributed by atoms with E-state index in [0.29, 0.717) is 18.7 Å². The van der Waals surface area contributed by atoms with Crippen LogP contribution in [0.1, 0.15) is 17.5 Å². The zero-order chi connectivity index (χ0) is 19.8. The molecule has 1 heterocycles. The van der Waals surface area contributed by atoms with Gasteiger partial charge in [-0.3, -0.25) is 0 Å². The molecule has 0 spiro atoms. The SMILES string of the molecule is Cc1ccc(=[N+]([O-])[O-])c2c(NCCC[N+](C)(C)O)c3cccc(C)c3[nH]c1-2. The van der Waals surface area contributed by atoms with Gasteiger partial charge < -0.3 is 20.7 Å². The van der Waals surface area contributed by atoms with Crippen molar-refractivity contribution in [2.45, 2.75) is 20.3 Å². The number of H-pyrrole nitrogens is 1. The molecule has 1 aromatic carbocycles. The maximum Gasteiger partial charge on any atom is 0.234 e. The molecule has 0 unspecified atom stereocenters. The number of nitrogens with zero attached hydrogens (tertiary/aromatic N) is 2. The molecule has 1 aromatic rings. The van der Waals surface area contributed by atoms with Gasteiger partial charge >= 0.3 is 0 Å². The normalized spacial score (nSPS) is 11.9. The van der Waals surface area contributed by atoms with Crippen LogP contribution in [0.5, 0.6) is 0 Å². The van der Waals surface area contributed by atoms with Crippen molar-refractivity contribution in [3.8, 4) is 11.3 Å². The summed E-state index contributed by atoms with van der Waals surface area (Å²) in [4.78, 5) is 3.07. The number of aromatic amines is 1. The van der Waals surface area contributed by atoms with E-state index in [9.17, 15) is 15.6 Å². The predicted molar refractivity (Wildman–Crippen MR) is 108 cm³/mol. The maximum absolute atomic E-state index is 11.7. The number of benzene rings is 2. The van der Waals surface area contributed by atoms with E-state index in [1.165, 1.54) is 0 Å². The summed E-state index contributed by atoms with van der Waals surface area (Å²) in [6.07, 6.45) is 0.733. The van der Waals surface area contributed by atoms with Gasteiger partial charge in [-0.1, -0.05) is 24.3 Å². The molecule has 3 N–H and O–H groups in total. The van der Waals surface area contributed by atoms with Gasteiger partial charge in [0, 0.05) is 24.4 Å². The van der Waals surface area contributed by atoms with E-state index in [1.807, 2.05) is 32.0 Å². The van der Waals surface area contributed by atoms with Gasteiger partial charge in [-0.15, -0.1) is 0 Å². The minimum Gasteiger partial charge on any atom is -0.612 e. The van der Waals surface area contributed by atoms with Gasteiger partial charge in [-0.2, -0.15) is 9.55 Å². The van der Waals surface area contributed by atoms with Crippen LogP contribution in [0.2, 0.25) is 0 Å². The highest BCUT2D eigenvalue weighted by Gasteiger charge is 2.20. The fraction of sp³-hybridized carbons (Fsp3) is 0.350. The Labute approximate surface area is 158 Å². The summed E-state index contributed by atoms with van der Waals surface area (Å²) >= 11 is 0. The second-order valence-electron chi connectivity index (χ2n) is 7.53. The number of nitrogens with one attached hydrogen (secondary N) is 2. The van der Waals surface area contributed by atoms with Crippen LogP contribution in [-0.2, 0) is 0 Å². The molecule has 0 bridgehead atoms. The number of aryl methyl sites for hydroxylation is 2. The van der Waals surface area contributed by atoms with E-state index >= 15 is 0 Å². The predicted octanol–water partition coefficient (Wildman–Crippen LogP) is 2.92. The van der Waals surface area contributed by atoms with Crippen LogP contribution in [0, 0.1) is 24.3 Å². The molecule has 27 heavy (non-hydrogen) atoms. The molecule has 2 aliphatic rings. The Bertz CT molecular complexity index is 1010. The van der Waals surface area contributed by atoms with E-state index < -0.39 is 0 Å². The smallest absolute Gasteiger partial charge is 0.234 e. The van der Waals surface area contributed by atoms with Crippen molar-refractivity contribution in [1.82, 2.24) is 9.89 Å². The first-order chi connectivity index (χ1) is 12.7. The largest absolute Gasteiger partial charge is 0.612 e. The molecule has 0 saturated carbocycles. The van der Waals surface area contributed by atoms with Crippen LogP contribution in [0.3, 0.4) is 0 Å². The summed E-state index contributed by atoms with van der Waals surface area (Å²) in [6.45, 7) is 5.16. The molecule has 1 aliphatic heterocycles. The van der Waals surface area contributed by atoms with Gasteiger partial charge in [-0.25, -0.2) is 5.21 Å². The van der Waals surface area contributed by atoms with Crippen LogP contribution < -0.4 is 15.6 Å². The van der Waals surface area contributed by atoms with Crippen LogP contribution in [-0.4, -0.2) is 42.0 Å². The Morgan fingerprint density at radius 1 is 1.11 bits per heavy atom. The molecule has 0 aromatic heterocycles. The minimum absolute atomic E-state index is 0.0797. The van der Waals surface area contributed by atoms with Crippen LogP contribution in [0.15, 0.2) is 30.3 Å². The van der Waals surface area contributed by atoms with Crippen LogP contribution in [0.25, 0.3) is 22.2 Å². The van der Waals surface area contributed by atoms with Crippen LogP contribution in [0.4, 0.5) is 5.69 Å². The fourth-order valence-corrected chi connectivity index (χ4v) is 3.43. The lowest BCUT2D eigenvalue weighted by molar-refractivity contribution is -1.07. The second kappa shape index (κ2) is 7.09. The third-order valence-corrected chi connectivity index (χ3v) is 4.81. The average Bonchev–Trinajstić information content (AvgIpc) is 2.58. The highest BCUT2D eigenvalue weighted by atomic mass is 16.8. The average molecular weight is 370 g/mol. The van der Waals surface area contributed by atoms with Gasteiger partial charge in [0.1, 0.15) is 6.54 Å². The van der Waals surface area contributed by atoms with Crippen molar-refractivity contribution in [3.05, 3.63) is 57.2 Å². The summed E-state index contributed by atoms with van der Waals surface area (Å²) in [5.41, 5.74) is 5.13. The van der Waals surface area contributed by atoms with Gasteiger partial charge in [0.05, 0.1) is 36.6 Å². The van der Waals surface area contributed by atoms with Crippen molar-refractivity contribution in [3.63, 3.8) is 0 Å². The van der Waals surface area contributed by atoms with Crippen LogP contribution >= 0.6 is 0 Å². The van der Waals surface area contributed by atoms with Gasteiger partial charge in [-0.05, 0) is 25.0 Å². The Morgan fingerprint density at radius 3 is 2.52 bits per heavy atom. The summed E-state index contributed by atoms with van der Waals surface area (Å²) < 4.78 is -0.107. The topological polar surface area (TPSA) is 97.2 Å². The Kier molecular flexibility index (Phi) is 4.99. The highest BCUT2D eigenvalue weighted by molar-refractivity contribution is 6.02. The van der Waals surface area contributed by atoms with E-state index in [0.717, 1.165) is 39.8 Å². The summed E-state index contributed by atoms with van der Waals surface area (Å²) in [5.74, 6) is 0. The lowest BCUT2D eigenvalue weighted by atomic mass is 9.97. The first-order valence-electron chi connectivity index (χ1n) is 9.01. The maximum atomic E-state index is 11.7. The Balaban J connectivity index is 2.22. The second-order valence-corrected chi connectivity index (χ2v) is 7.53. The monoisotopic (exact) mass is 370 g/mol. The fourth-order valence-electron chi connectivity index (χ4n) is 3.43. The number of quaternary nitrogens is 1. The van der Waals surface area contributed by atoms with Gasteiger partial charge in [0.25, 0.3) is 0 Å². The Hall–Kier alpha value is -2.77.